The molecule has 0 radical (unpaired) electrons. The number of carboxylic acid groups (broad SMARTS) is 1. The van der Waals surface area contributed by atoms with E-state index in [9.17, 15) is 33.0 Å². The third kappa shape index (κ3) is 6.07. The Morgan fingerprint density at radius 1 is 1.25 bits per heavy atom. The van der Waals surface area contributed by atoms with E-state index in [0.29, 0.717) is 50.6 Å². The van der Waals surface area contributed by atoms with Crippen molar-refractivity contribution < 1.29 is 33.0 Å². The quantitative estimate of drug-likeness (QED) is 0.520. The van der Waals surface area contributed by atoms with E-state index in [1.54, 1.807) is 16.4 Å². The Balaban J connectivity index is 1.61. The van der Waals surface area contributed by atoms with Crippen molar-refractivity contribution in [3.8, 4) is 0 Å². The Morgan fingerprint density at radius 2 is 2.03 bits per heavy atom. The zero-order valence-corrected chi connectivity index (χ0v) is 18.5. The normalized spacial score (nSPS) is 23.0. The number of carbonyl (C=O) groups excluding carboxylic acids is 1. The van der Waals surface area contributed by atoms with Gasteiger partial charge >= 0.3 is 12.1 Å². The van der Waals surface area contributed by atoms with Gasteiger partial charge in [0.15, 0.2) is 0 Å². The summed E-state index contributed by atoms with van der Waals surface area (Å²) in [7, 11) is 0. The van der Waals surface area contributed by atoms with Gasteiger partial charge in [-0.2, -0.15) is 13.2 Å². The smallest absolute Gasteiger partial charge is 0.416 e. The van der Waals surface area contributed by atoms with Gasteiger partial charge < -0.3 is 15.1 Å². The molecule has 2 heterocycles. The molecule has 1 fully saturated rings. The van der Waals surface area contributed by atoms with Crippen LogP contribution in [-0.2, 0) is 22.2 Å². The number of alkyl halides is 3. The summed E-state index contributed by atoms with van der Waals surface area (Å²) in [6.07, 6.45) is -0.0174. The number of hydrogen-bond donors (Lipinski definition) is 2. The zero-order valence-electron chi connectivity index (χ0n) is 17.7. The molecule has 176 valence electrons. The Kier molecular flexibility index (Phi) is 7.92. The zero-order chi connectivity index (χ0) is 23.4. The van der Waals surface area contributed by atoms with Crippen molar-refractivity contribution in [3.05, 3.63) is 46.9 Å². The highest BCUT2D eigenvalue weighted by molar-refractivity contribution is 8.04. The van der Waals surface area contributed by atoms with Crippen LogP contribution >= 0.6 is 11.8 Å². The maximum absolute atomic E-state index is 12.9. The summed E-state index contributed by atoms with van der Waals surface area (Å²) in [6.45, 7) is 0.610. The molecule has 1 amide bonds. The van der Waals surface area contributed by atoms with E-state index in [1.165, 1.54) is 17.8 Å². The number of allylic oxidation sites excluding steroid dienone is 1. The van der Waals surface area contributed by atoms with E-state index < -0.39 is 28.6 Å². The highest BCUT2D eigenvalue weighted by Crippen LogP contribution is 2.41. The minimum atomic E-state index is -4.44. The number of benzene rings is 1. The first-order chi connectivity index (χ1) is 15.1. The van der Waals surface area contributed by atoms with E-state index in [0.717, 1.165) is 18.6 Å². The molecule has 0 aromatic heterocycles. The number of likely N-dealkylation sites (tertiary alicyclic amines) is 1. The van der Waals surface area contributed by atoms with Gasteiger partial charge in [0.2, 0.25) is 5.91 Å². The number of amides is 1. The van der Waals surface area contributed by atoms with Crippen LogP contribution in [0.4, 0.5) is 13.2 Å². The van der Waals surface area contributed by atoms with E-state index in [1.807, 2.05) is 6.08 Å². The summed E-state index contributed by atoms with van der Waals surface area (Å²) < 4.78 is 37.8. The number of carboxylic acids is 1. The highest BCUT2D eigenvalue weighted by Gasteiger charge is 2.41. The summed E-state index contributed by atoms with van der Waals surface area (Å²) >= 11 is 1.29. The topological polar surface area (TPSA) is 77.8 Å². The molecule has 0 saturated carbocycles. The molecule has 1 unspecified atom stereocenters. The number of thioether (sulfide) groups is 1. The lowest BCUT2D eigenvalue weighted by Crippen LogP contribution is -2.40. The second-order valence-electron chi connectivity index (χ2n) is 8.51. The molecule has 32 heavy (non-hydrogen) atoms. The van der Waals surface area contributed by atoms with Crippen LogP contribution in [-0.4, -0.2) is 50.4 Å². The van der Waals surface area contributed by atoms with Gasteiger partial charge in [0, 0.05) is 19.0 Å². The Morgan fingerprint density at radius 3 is 2.62 bits per heavy atom. The average molecular weight is 472 g/mol. The maximum atomic E-state index is 12.9. The monoisotopic (exact) mass is 471 g/mol. The van der Waals surface area contributed by atoms with Crippen LogP contribution in [0.1, 0.15) is 56.1 Å². The number of halogens is 3. The molecule has 2 aliphatic rings. The summed E-state index contributed by atoms with van der Waals surface area (Å²) in [4.78, 5) is 25.9. The second kappa shape index (κ2) is 10.3. The molecule has 0 bridgehead atoms. The summed E-state index contributed by atoms with van der Waals surface area (Å²) in [6, 6.07) is 4.74. The third-order valence-corrected chi connectivity index (χ3v) is 7.54. The number of nitrogens with zero attached hydrogens (tertiary/aromatic N) is 1. The fourth-order valence-electron chi connectivity index (χ4n) is 4.42. The lowest BCUT2D eigenvalue weighted by atomic mass is 9.92. The summed E-state index contributed by atoms with van der Waals surface area (Å²) in [5.74, 6) is -0.840. The number of rotatable bonds is 10. The maximum Gasteiger partial charge on any atom is 0.416 e. The molecular formula is C23H28F3NO4S. The number of aliphatic hydroxyl groups excluding tert-OH is 1. The van der Waals surface area contributed by atoms with Gasteiger partial charge in [-0.3, -0.25) is 9.59 Å². The lowest BCUT2D eigenvalue weighted by Gasteiger charge is -2.32. The molecule has 0 spiro atoms. The van der Waals surface area contributed by atoms with Crippen LogP contribution in [0, 0.1) is 0 Å². The minimum Gasteiger partial charge on any atom is -0.480 e. The molecule has 1 saturated heterocycles. The fraction of sp³-hybridized carbons (Fsp3) is 0.565. The van der Waals surface area contributed by atoms with Crippen molar-refractivity contribution in [3.63, 3.8) is 0 Å². The van der Waals surface area contributed by atoms with Crippen molar-refractivity contribution in [2.45, 2.75) is 74.4 Å². The fourth-order valence-corrected chi connectivity index (χ4v) is 5.40. The van der Waals surface area contributed by atoms with Gasteiger partial charge in [0.25, 0.3) is 0 Å². The Hall–Kier alpha value is -2.00. The van der Waals surface area contributed by atoms with E-state index in [-0.39, 0.29) is 18.4 Å². The molecular weight excluding hydrogens is 443 g/mol. The van der Waals surface area contributed by atoms with Crippen LogP contribution < -0.4 is 0 Å². The van der Waals surface area contributed by atoms with Gasteiger partial charge in [-0.1, -0.05) is 24.3 Å². The first kappa shape index (κ1) is 24.6. The van der Waals surface area contributed by atoms with Crippen LogP contribution in [0.2, 0.25) is 0 Å². The number of carbonyl (C=O) groups is 2. The Bertz CT molecular complexity index is 850. The van der Waals surface area contributed by atoms with Gasteiger partial charge in [0.1, 0.15) is 4.75 Å². The number of aliphatic carboxylic acids is 1. The van der Waals surface area contributed by atoms with Crippen LogP contribution in [0.3, 0.4) is 0 Å². The van der Waals surface area contributed by atoms with Crippen LogP contribution in [0.25, 0.3) is 0 Å². The van der Waals surface area contributed by atoms with Crippen molar-refractivity contribution in [1.82, 2.24) is 4.90 Å². The predicted octanol–water partition coefficient (Wildman–Crippen LogP) is 4.63. The van der Waals surface area contributed by atoms with Crippen molar-refractivity contribution >= 4 is 23.6 Å². The molecule has 5 nitrogen and oxygen atoms in total. The second-order valence-corrected chi connectivity index (χ2v) is 9.80. The third-order valence-electron chi connectivity index (χ3n) is 6.22. The summed E-state index contributed by atoms with van der Waals surface area (Å²) in [5, 5.41) is 22.0. The number of aliphatic hydroxyl groups is 1. The first-order valence-electron chi connectivity index (χ1n) is 10.8. The first-order valence-corrected chi connectivity index (χ1v) is 11.7. The van der Waals surface area contributed by atoms with Crippen LogP contribution in [0.5, 0.6) is 0 Å². The standard InChI is InChI=1S/C23H28F3NO4S/c24-23(25,26)17-5-1-4-16(14-17)15-19(28)8-7-18(27-12-2-6-20(27)29)9-11-22(21(30)31)10-3-13-32-22/h1,3-5,13-14,18-19,28H,2,6-12,15H2,(H,30,31)/t18-,19?,22-/m1/s1. The predicted molar refractivity (Wildman–Crippen MR) is 116 cm³/mol. The SMILES string of the molecule is O=C1CCCN1[C@H](CCC(O)Cc1cccc(C(F)(F)F)c1)CC[C@@]1(C(=O)O)CC=CS1. The lowest BCUT2D eigenvalue weighted by molar-refractivity contribution is -0.140. The van der Waals surface area contributed by atoms with Crippen molar-refractivity contribution in [2.75, 3.05) is 6.54 Å². The van der Waals surface area contributed by atoms with Gasteiger partial charge in [-0.25, -0.2) is 0 Å². The van der Waals surface area contributed by atoms with Gasteiger partial charge in [0.05, 0.1) is 11.7 Å². The minimum absolute atomic E-state index is 0.0314. The molecule has 1 aromatic rings. The molecule has 3 atom stereocenters. The van der Waals surface area contributed by atoms with Crippen LogP contribution in [0.15, 0.2) is 35.7 Å². The molecule has 9 heteroatoms. The van der Waals surface area contributed by atoms with E-state index in [2.05, 4.69) is 0 Å². The highest BCUT2D eigenvalue weighted by atomic mass is 32.2. The summed E-state index contributed by atoms with van der Waals surface area (Å²) in [5.41, 5.74) is -0.344. The van der Waals surface area contributed by atoms with Crippen molar-refractivity contribution in [1.29, 1.82) is 0 Å². The van der Waals surface area contributed by atoms with Gasteiger partial charge in [-0.15, -0.1) is 11.8 Å². The van der Waals surface area contributed by atoms with E-state index >= 15 is 0 Å². The molecule has 0 aliphatic carbocycles. The van der Waals surface area contributed by atoms with Crippen molar-refractivity contribution in [2.24, 2.45) is 0 Å². The molecule has 1 aromatic carbocycles. The number of hydrogen-bond acceptors (Lipinski definition) is 4. The van der Waals surface area contributed by atoms with E-state index in [4.69, 9.17) is 0 Å². The molecule has 2 aliphatic heterocycles. The van der Waals surface area contributed by atoms with Gasteiger partial charge in [-0.05, 0) is 62.0 Å². The Labute approximate surface area is 189 Å². The average Bonchev–Trinajstić information content (AvgIpc) is 3.38. The molecule has 3 rings (SSSR count). The largest absolute Gasteiger partial charge is 0.480 e. The molecule has 2 N–H and O–H groups in total.